The Bertz CT molecular complexity index is 1140. The topological polar surface area (TPSA) is 117 Å². The molecule has 1 atom stereocenters. The maximum atomic E-state index is 12.6. The van der Waals surface area contributed by atoms with Crippen LogP contribution in [0.15, 0.2) is 66.7 Å². The maximum absolute atomic E-state index is 12.6. The number of aromatic nitrogens is 1. The van der Waals surface area contributed by atoms with E-state index >= 15 is 0 Å². The minimum absolute atomic E-state index is 0.00640. The van der Waals surface area contributed by atoms with Gasteiger partial charge < -0.3 is 5.73 Å². The Morgan fingerprint density at radius 1 is 0.943 bits per heavy atom. The van der Waals surface area contributed by atoms with Crippen LogP contribution in [0.4, 0.5) is 5.82 Å². The molecule has 3 rings (SSSR count). The molecule has 1 amide bonds. The molecule has 2 aromatic carbocycles. The molecule has 1 aromatic heterocycles. The Morgan fingerprint density at radius 2 is 1.60 bits per heavy atom. The molecule has 0 spiro atoms. The molecule has 3 aromatic rings. The fraction of sp³-hybridized carbons (Fsp3) is 0.296. The van der Waals surface area contributed by atoms with Crippen molar-refractivity contribution in [3.63, 3.8) is 0 Å². The molecular formula is C27H34N4O3Sn. The van der Waals surface area contributed by atoms with Gasteiger partial charge in [0.05, 0.1) is 0 Å². The van der Waals surface area contributed by atoms with E-state index in [0.29, 0.717) is 17.9 Å². The van der Waals surface area contributed by atoms with Crippen molar-refractivity contribution >= 4 is 39.7 Å². The number of hydrogen-bond donors (Lipinski definition) is 4. The van der Waals surface area contributed by atoms with Crippen LogP contribution in [0.3, 0.4) is 0 Å². The predicted octanol–water partition coefficient (Wildman–Crippen LogP) is 2.97. The molecule has 0 aliphatic rings. The summed E-state index contributed by atoms with van der Waals surface area (Å²) in [5.74, 6) is -0.799. The number of nitrogen functional groups attached to an aromatic ring is 1. The van der Waals surface area contributed by atoms with Crippen LogP contribution >= 0.6 is 0 Å². The van der Waals surface area contributed by atoms with Crippen molar-refractivity contribution in [3.8, 4) is 0 Å². The second kappa shape index (κ2) is 12.2. The fourth-order valence-corrected chi connectivity index (χ4v) is 6.97. The van der Waals surface area contributed by atoms with E-state index in [1.165, 1.54) is 3.58 Å². The number of benzene rings is 2. The van der Waals surface area contributed by atoms with Crippen LogP contribution in [-0.2, 0) is 24.2 Å². The number of hydrogen-bond acceptors (Lipinski definition) is 5. The molecular weight excluding hydrogens is 547 g/mol. The van der Waals surface area contributed by atoms with Gasteiger partial charge in [-0.05, 0) is 30.5 Å². The van der Waals surface area contributed by atoms with Crippen LogP contribution in [-0.4, -0.2) is 52.9 Å². The number of nitrogens with one attached hydrogen (secondary N) is 2. The second-order valence-corrected chi connectivity index (χ2v) is 24.2. The number of rotatable bonds is 11. The normalized spacial score (nSPS) is 12.2. The fourth-order valence-electron chi connectivity index (χ4n) is 3.64. The van der Waals surface area contributed by atoms with Gasteiger partial charge in [-0.3, -0.25) is 0 Å². The van der Waals surface area contributed by atoms with Gasteiger partial charge in [0.25, 0.3) is 0 Å². The second-order valence-electron chi connectivity index (χ2n) is 9.68. The number of nitrogens with two attached hydrogens (primary N) is 1. The number of carbonyl (C=O) groups excluding carboxylic acids is 1. The molecule has 0 radical (unpaired) electrons. The Balaban J connectivity index is 1.49. The Kier molecular flexibility index (Phi) is 9.28. The van der Waals surface area contributed by atoms with E-state index in [2.05, 4.69) is 42.6 Å². The standard InChI is InChI=1S/C24H25N4O3.3CH3.Sn/c25-22-8-4-7-20(28-22)14-11-17-9-12-19(13-10-17)23(29)27-16-21(24(30)31)26-15-18-5-2-1-3-6-18;;;;/h2-10,12-13,21,26H,11,14-16H2,(H2,25,28)(H,27,29)(H,30,31);3*1H3;. The molecule has 35 heavy (non-hydrogen) atoms. The van der Waals surface area contributed by atoms with Crippen molar-refractivity contribution < 1.29 is 14.7 Å². The number of amides is 1. The monoisotopic (exact) mass is 582 g/mol. The van der Waals surface area contributed by atoms with Gasteiger partial charge in [-0.1, -0.05) is 18.2 Å². The molecule has 0 fully saturated rings. The first-order valence-corrected chi connectivity index (χ1v) is 21.7. The van der Waals surface area contributed by atoms with Crippen LogP contribution in [0.25, 0.3) is 0 Å². The van der Waals surface area contributed by atoms with E-state index in [1.54, 1.807) is 18.2 Å². The van der Waals surface area contributed by atoms with Gasteiger partial charge in [0.1, 0.15) is 5.82 Å². The quantitative estimate of drug-likeness (QED) is 0.259. The molecule has 0 aliphatic heterocycles. The van der Waals surface area contributed by atoms with Crippen molar-refractivity contribution in [2.24, 2.45) is 0 Å². The third kappa shape index (κ3) is 8.36. The van der Waals surface area contributed by atoms with Gasteiger partial charge >= 0.3 is 141 Å². The number of aryl methyl sites for hydroxylation is 2. The SMILES string of the molecule is [CH3][Sn]([CH3])([CH3])[c]1ccc(CNC(CNC(=O)c2ccc(CCc3cccc(N)n3)cc2)C(=O)O)cc1. The van der Waals surface area contributed by atoms with Crippen LogP contribution in [0, 0.1) is 0 Å². The molecule has 7 nitrogen and oxygen atoms in total. The van der Waals surface area contributed by atoms with Gasteiger partial charge in [-0.2, -0.15) is 0 Å². The van der Waals surface area contributed by atoms with Crippen LogP contribution in [0.1, 0.15) is 27.2 Å². The van der Waals surface area contributed by atoms with Crippen LogP contribution in [0.2, 0.25) is 14.8 Å². The van der Waals surface area contributed by atoms with Crippen molar-refractivity contribution in [2.45, 2.75) is 40.2 Å². The number of carbonyl (C=O) groups is 2. The molecule has 8 heteroatoms. The van der Waals surface area contributed by atoms with Crippen molar-refractivity contribution in [1.29, 1.82) is 0 Å². The van der Waals surface area contributed by atoms with E-state index < -0.39 is 30.4 Å². The predicted molar refractivity (Wildman–Crippen MR) is 143 cm³/mol. The van der Waals surface area contributed by atoms with Crippen LogP contribution in [0.5, 0.6) is 0 Å². The summed E-state index contributed by atoms with van der Waals surface area (Å²) in [5, 5.41) is 15.3. The average molecular weight is 581 g/mol. The van der Waals surface area contributed by atoms with Crippen molar-refractivity contribution in [1.82, 2.24) is 15.6 Å². The molecule has 0 aliphatic carbocycles. The number of nitrogens with zero attached hydrogens (tertiary/aromatic N) is 1. The van der Waals surface area contributed by atoms with Gasteiger partial charge in [0, 0.05) is 5.69 Å². The van der Waals surface area contributed by atoms with E-state index in [9.17, 15) is 14.7 Å². The summed E-state index contributed by atoms with van der Waals surface area (Å²) in [4.78, 5) is 35.6. The molecule has 1 unspecified atom stereocenters. The first-order valence-electron chi connectivity index (χ1n) is 11.8. The average Bonchev–Trinajstić information content (AvgIpc) is 2.82. The minimum atomic E-state index is -2.11. The van der Waals surface area contributed by atoms with Crippen molar-refractivity contribution in [3.05, 3.63) is 89.1 Å². The number of anilines is 1. The van der Waals surface area contributed by atoms with E-state index in [1.807, 2.05) is 36.4 Å². The zero-order valence-corrected chi connectivity index (χ0v) is 23.4. The van der Waals surface area contributed by atoms with Crippen LogP contribution < -0.4 is 19.9 Å². The molecule has 0 bridgehead atoms. The zero-order valence-electron chi connectivity index (χ0n) is 20.5. The first-order chi connectivity index (χ1) is 16.6. The Morgan fingerprint density at radius 3 is 2.20 bits per heavy atom. The molecule has 5 N–H and O–H groups in total. The number of pyridine rings is 1. The summed E-state index contributed by atoms with van der Waals surface area (Å²) in [6.07, 6.45) is 1.54. The van der Waals surface area contributed by atoms with E-state index in [4.69, 9.17) is 5.73 Å². The third-order valence-corrected chi connectivity index (χ3v) is 11.7. The summed E-state index contributed by atoms with van der Waals surface area (Å²) < 4.78 is 1.43. The third-order valence-electron chi connectivity index (χ3n) is 5.85. The van der Waals surface area contributed by atoms with Gasteiger partial charge in [0.15, 0.2) is 0 Å². The van der Waals surface area contributed by atoms with Gasteiger partial charge in [-0.25, -0.2) is 4.98 Å². The number of carboxylic acid groups (broad SMARTS) is 1. The molecule has 0 saturated heterocycles. The summed E-state index contributed by atoms with van der Waals surface area (Å²) in [6, 6.07) is 20.4. The summed E-state index contributed by atoms with van der Waals surface area (Å²) in [6.45, 7) is 0.414. The first kappa shape index (κ1) is 26.7. The molecule has 184 valence electrons. The zero-order chi connectivity index (χ0) is 25.4. The Hall–Kier alpha value is -2.91. The molecule has 0 saturated carbocycles. The van der Waals surface area contributed by atoms with Gasteiger partial charge in [0.2, 0.25) is 0 Å². The summed E-state index contributed by atoms with van der Waals surface area (Å²) >= 11 is -2.11. The van der Waals surface area contributed by atoms with E-state index in [0.717, 1.165) is 29.7 Å². The van der Waals surface area contributed by atoms with Crippen molar-refractivity contribution in [2.75, 3.05) is 12.3 Å². The molecule has 1 heterocycles. The number of carboxylic acids is 1. The van der Waals surface area contributed by atoms with Gasteiger partial charge in [-0.15, -0.1) is 0 Å². The number of aliphatic carboxylic acids is 1. The van der Waals surface area contributed by atoms with E-state index in [-0.39, 0.29) is 12.5 Å². The summed E-state index contributed by atoms with van der Waals surface area (Å²) in [7, 11) is 0. The Labute approximate surface area is 211 Å². The summed E-state index contributed by atoms with van der Waals surface area (Å²) in [5.41, 5.74) is 9.24.